The van der Waals surface area contributed by atoms with Gasteiger partial charge in [0, 0.05) is 12.5 Å². The fourth-order valence-corrected chi connectivity index (χ4v) is 2.23. The summed E-state index contributed by atoms with van der Waals surface area (Å²) >= 11 is 0. The number of hydrogen-bond acceptors (Lipinski definition) is 4. The van der Waals surface area contributed by atoms with Gasteiger partial charge in [-0.2, -0.15) is 5.26 Å². The predicted molar refractivity (Wildman–Crippen MR) is 53.0 cm³/mol. The van der Waals surface area contributed by atoms with Crippen LogP contribution in [0.1, 0.15) is 26.2 Å². The lowest BCUT2D eigenvalue weighted by Crippen LogP contribution is -2.41. The highest BCUT2D eigenvalue weighted by Gasteiger charge is 2.44. The number of hydrogen-bond donors (Lipinski definition) is 0. The van der Waals surface area contributed by atoms with Crippen molar-refractivity contribution in [1.29, 1.82) is 5.26 Å². The molecule has 84 valence electrons. The fraction of sp³-hybridized carbons (Fsp3) is 0.909. The molecule has 0 aromatic rings. The van der Waals surface area contributed by atoms with Crippen LogP contribution in [-0.2, 0) is 14.2 Å². The minimum absolute atomic E-state index is 0.0677. The van der Waals surface area contributed by atoms with E-state index in [1.165, 1.54) is 0 Å². The monoisotopic (exact) mass is 211 g/mol. The second kappa shape index (κ2) is 4.48. The summed E-state index contributed by atoms with van der Waals surface area (Å²) in [6.07, 6.45) is 2.48. The summed E-state index contributed by atoms with van der Waals surface area (Å²) in [5.41, 5.74) is 0. The van der Waals surface area contributed by atoms with Gasteiger partial charge in [0.25, 0.3) is 0 Å². The lowest BCUT2D eigenvalue weighted by molar-refractivity contribution is -0.211. The van der Waals surface area contributed by atoms with Gasteiger partial charge in [0.2, 0.25) is 0 Å². The van der Waals surface area contributed by atoms with Crippen LogP contribution in [0.3, 0.4) is 0 Å². The summed E-state index contributed by atoms with van der Waals surface area (Å²) < 4.78 is 16.9. The van der Waals surface area contributed by atoms with Crippen LogP contribution in [0, 0.1) is 17.2 Å². The molecule has 3 unspecified atom stereocenters. The van der Waals surface area contributed by atoms with Crippen LogP contribution in [0.5, 0.6) is 0 Å². The predicted octanol–water partition coefficient (Wildman–Crippen LogP) is 1.46. The van der Waals surface area contributed by atoms with Crippen molar-refractivity contribution in [3.8, 4) is 6.07 Å². The Hall–Kier alpha value is -0.630. The summed E-state index contributed by atoms with van der Waals surface area (Å²) in [6, 6.07) is 2.11. The largest absolute Gasteiger partial charge is 0.381 e. The summed E-state index contributed by atoms with van der Waals surface area (Å²) in [7, 11) is 0. The number of nitrogens with zero attached hydrogens (tertiary/aromatic N) is 1. The van der Waals surface area contributed by atoms with Crippen molar-refractivity contribution in [2.75, 3.05) is 19.8 Å². The van der Waals surface area contributed by atoms with E-state index in [0.29, 0.717) is 25.6 Å². The third-order valence-electron chi connectivity index (χ3n) is 3.18. The zero-order valence-electron chi connectivity index (χ0n) is 9.07. The summed E-state index contributed by atoms with van der Waals surface area (Å²) in [4.78, 5) is 0. The maximum absolute atomic E-state index is 8.60. The molecule has 0 aromatic heterocycles. The Kier molecular flexibility index (Phi) is 3.25. The van der Waals surface area contributed by atoms with Crippen LogP contribution in [0.4, 0.5) is 0 Å². The van der Waals surface area contributed by atoms with Crippen molar-refractivity contribution in [3.63, 3.8) is 0 Å². The molecule has 4 nitrogen and oxygen atoms in total. The Morgan fingerprint density at radius 2 is 2.33 bits per heavy atom. The van der Waals surface area contributed by atoms with Crippen LogP contribution in [0.2, 0.25) is 0 Å². The first kappa shape index (κ1) is 10.9. The van der Waals surface area contributed by atoms with Gasteiger partial charge >= 0.3 is 0 Å². The summed E-state index contributed by atoms with van der Waals surface area (Å²) in [5.74, 6) is -0.239. The summed E-state index contributed by atoms with van der Waals surface area (Å²) in [5, 5.41) is 8.60. The third kappa shape index (κ3) is 2.31. The molecule has 2 fully saturated rings. The van der Waals surface area contributed by atoms with Gasteiger partial charge in [0.1, 0.15) is 0 Å². The summed E-state index contributed by atoms with van der Waals surface area (Å²) in [6.45, 7) is 4.04. The molecule has 0 spiro atoms. The molecule has 0 radical (unpaired) electrons. The molecular formula is C11H17NO3. The molecule has 0 aliphatic carbocycles. The third-order valence-corrected chi connectivity index (χ3v) is 3.18. The van der Waals surface area contributed by atoms with Gasteiger partial charge in [-0.3, -0.25) is 0 Å². The second-order valence-electron chi connectivity index (χ2n) is 4.34. The number of ether oxygens (including phenoxy) is 3. The maximum atomic E-state index is 8.60. The minimum atomic E-state index is -0.540. The Morgan fingerprint density at radius 1 is 1.47 bits per heavy atom. The Bertz CT molecular complexity index is 257. The second-order valence-corrected chi connectivity index (χ2v) is 4.34. The molecular weight excluding hydrogens is 194 g/mol. The molecule has 0 amide bonds. The zero-order valence-corrected chi connectivity index (χ0v) is 9.07. The van der Waals surface area contributed by atoms with Crippen molar-refractivity contribution in [2.24, 2.45) is 5.92 Å². The standard InChI is InChI=1S/C11H17NO3/c1-11(9-3-2-6-13-7-9)14-8-10(15-11)4-5-12/h9-10H,2-4,6-8H2,1H3. The topological polar surface area (TPSA) is 51.5 Å². The highest BCUT2D eigenvalue weighted by Crippen LogP contribution is 2.36. The van der Waals surface area contributed by atoms with E-state index in [4.69, 9.17) is 19.5 Å². The molecule has 0 bridgehead atoms. The average molecular weight is 211 g/mol. The van der Waals surface area contributed by atoms with Crippen molar-refractivity contribution in [3.05, 3.63) is 0 Å². The Labute approximate surface area is 90.1 Å². The highest BCUT2D eigenvalue weighted by molar-refractivity contribution is 4.87. The molecule has 0 N–H and O–H groups in total. The van der Waals surface area contributed by atoms with Gasteiger partial charge in [0.15, 0.2) is 5.79 Å². The molecule has 15 heavy (non-hydrogen) atoms. The molecule has 0 aromatic carbocycles. The SMILES string of the molecule is CC1(C2CCCOC2)OCC(CC#N)O1. The van der Waals surface area contributed by atoms with E-state index in [1.54, 1.807) is 0 Å². The number of nitriles is 1. The van der Waals surface area contributed by atoms with Gasteiger partial charge in [-0.25, -0.2) is 0 Å². The first-order valence-electron chi connectivity index (χ1n) is 5.51. The minimum Gasteiger partial charge on any atom is -0.381 e. The fourth-order valence-electron chi connectivity index (χ4n) is 2.23. The molecule has 2 aliphatic rings. The lowest BCUT2D eigenvalue weighted by Gasteiger charge is -2.34. The molecule has 3 atom stereocenters. The molecule has 2 rings (SSSR count). The van der Waals surface area contributed by atoms with Crippen molar-refractivity contribution >= 4 is 0 Å². The lowest BCUT2D eigenvalue weighted by atomic mass is 9.94. The van der Waals surface area contributed by atoms with Crippen molar-refractivity contribution in [2.45, 2.75) is 38.1 Å². The Morgan fingerprint density at radius 3 is 3.00 bits per heavy atom. The molecule has 2 saturated heterocycles. The molecule has 4 heteroatoms. The van der Waals surface area contributed by atoms with E-state index in [0.717, 1.165) is 19.4 Å². The van der Waals surface area contributed by atoms with Gasteiger partial charge < -0.3 is 14.2 Å². The average Bonchev–Trinajstić information content (AvgIpc) is 2.64. The van der Waals surface area contributed by atoms with Crippen LogP contribution >= 0.6 is 0 Å². The van der Waals surface area contributed by atoms with Gasteiger partial charge in [-0.05, 0) is 19.8 Å². The van der Waals surface area contributed by atoms with E-state index >= 15 is 0 Å². The number of rotatable bonds is 2. The quantitative estimate of drug-likeness (QED) is 0.693. The van der Waals surface area contributed by atoms with E-state index in [1.807, 2.05) is 6.92 Å². The van der Waals surface area contributed by atoms with Crippen LogP contribution in [-0.4, -0.2) is 31.7 Å². The maximum Gasteiger partial charge on any atom is 0.171 e. The smallest absolute Gasteiger partial charge is 0.171 e. The first-order chi connectivity index (χ1) is 7.24. The van der Waals surface area contributed by atoms with Crippen LogP contribution < -0.4 is 0 Å². The van der Waals surface area contributed by atoms with E-state index in [2.05, 4.69) is 6.07 Å². The first-order valence-corrected chi connectivity index (χ1v) is 5.51. The Balaban J connectivity index is 1.93. The van der Waals surface area contributed by atoms with Crippen molar-refractivity contribution in [1.82, 2.24) is 0 Å². The molecule has 2 heterocycles. The van der Waals surface area contributed by atoms with Crippen LogP contribution in [0.25, 0.3) is 0 Å². The van der Waals surface area contributed by atoms with Gasteiger partial charge in [-0.1, -0.05) is 0 Å². The van der Waals surface area contributed by atoms with Gasteiger partial charge in [0.05, 0.1) is 31.8 Å². The zero-order chi connectivity index (χ0) is 10.7. The van der Waals surface area contributed by atoms with E-state index < -0.39 is 5.79 Å². The van der Waals surface area contributed by atoms with Crippen LogP contribution in [0.15, 0.2) is 0 Å². The highest BCUT2D eigenvalue weighted by atomic mass is 16.7. The molecule has 0 saturated carbocycles. The van der Waals surface area contributed by atoms with Gasteiger partial charge in [-0.15, -0.1) is 0 Å². The van der Waals surface area contributed by atoms with Crippen molar-refractivity contribution < 1.29 is 14.2 Å². The van der Waals surface area contributed by atoms with E-state index in [9.17, 15) is 0 Å². The molecule has 2 aliphatic heterocycles. The van der Waals surface area contributed by atoms with E-state index in [-0.39, 0.29) is 6.10 Å². The normalized spacial score (nSPS) is 41.3.